The number of hydrogen-bond acceptors (Lipinski definition) is 6. The van der Waals surface area contributed by atoms with Gasteiger partial charge in [-0.1, -0.05) is 6.92 Å². The molecule has 3 aromatic rings. The minimum Gasteiger partial charge on any atom is -0.496 e. The standard InChI is InChI=1S/C17H20N4O3S.Na/c1-5-11-13(18-7-6-14(11)23-3)9-25(22)17-19-12-8-10(2)16(24-4)20-15(12)21-17;/h6-8H,5,9H2,1-4H3,(H,19,20,21);. The first-order chi connectivity index (χ1) is 12.1. The van der Waals surface area contributed by atoms with Crippen LogP contribution in [0.1, 0.15) is 23.7 Å². The molecule has 1 N–H and O–H groups in total. The van der Waals surface area contributed by atoms with E-state index in [1.807, 2.05) is 26.0 Å². The molecule has 0 spiro atoms. The van der Waals surface area contributed by atoms with Gasteiger partial charge in [0.25, 0.3) is 0 Å². The van der Waals surface area contributed by atoms with Crippen LogP contribution >= 0.6 is 0 Å². The first-order valence-electron chi connectivity index (χ1n) is 7.87. The molecule has 0 amide bonds. The van der Waals surface area contributed by atoms with E-state index in [1.54, 1.807) is 20.4 Å². The number of nitrogens with one attached hydrogen (secondary N) is 1. The van der Waals surface area contributed by atoms with E-state index in [0.29, 0.717) is 16.7 Å². The van der Waals surface area contributed by atoms with E-state index < -0.39 is 10.8 Å². The van der Waals surface area contributed by atoms with Gasteiger partial charge in [0.05, 0.1) is 42.0 Å². The Labute approximate surface area is 176 Å². The minimum atomic E-state index is -1.37. The molecule has 7 nitrogen and oxygen atoms in total. The summed E-state index contributed by atoms with van der Waals surface area (Å²) in [6.45, 7) is 3.92. The van der Waals surface area contributed by atoms with E-state index in [4.69, 9.17) is 9.47 Å². The molecule has 0 bridgehead atoms. The first kappa shape index (κ1) is 20.8. The van der Waals surface area contributed by atoms with Crippen LogP contribution in [-0.2, 0) is 23.0 Å². The molecule has 3 aromatic heterocycles. The van der Waals surface area contributed by atoms with Gasteiger partial charge in [-0.3, -0.25) is 9.19 Å². The number of ether oxygens (including phenoxy) is 2. The van der Waals surface area contributed by atoms with Gasteiger partial charge in [-0.2, -0.15) is 4.98 Å². The number of nitrogens with zero attached hydrogens (tertiary/aromatic N) is 3. The van der Waals surface area contributed by atoms with Crippen molar-refractivity contribution in [3.05, 3.63) is 35.2 Å². The van der Waals surface area contributed by atoms with E-state index in [9.17, 15) is 4.21 Å². The SMILES string of the molecule is CCc1c(OC)ccnc1CS(=O)c1nc2nc(OC)c(C)cc2[nH]1.[Na]. The average molecular weight is 383 g/mol. The Bertz CT molecular complexity index is 945. The van der Waals surface area contributed by atoms with Gasteiger partial charge < -0.3 is 14.5 Å². The molecule has 0 aliphatic carbocycles. The van der Waals surface area contributed by atoms with Crippen molar-refractivity contribution in [1.29, 1.82) is 0 Å². The Kier molecular flexibility index (Phi) is 7.16. The van der Waals surface area contributed by atoms with Crippen LogP contribution in [0.25, 0.3) is 11.2 Å². The summed E-state index contributed by atoms with van der Waals surface area (Å²) in [4.78, 5) is 16.1. The van der Waals surface area contributed by atoms with E-state index >= 15 is 0 Å². The van der Waals surface area contributed by atoms with Gasteiger partial charge in [0.2, 0.25) is 5.88 Å². The number of hydrogen-bond donors (Lipinski definition) is 1. The van der Waals surface area contributed by atoms with Crippen molar-refractivity contribution >= 4 is 51.5 Å². The molecule has 0 aliphatic heterocycles. The summed E-state index contributed by atoms with van der Waals surface area (Å²) in [5.41, 5.74) is 3.82. The molecule has 26 heavy (non-hydrogen) atoms. The maximum absolute atomic E-state index is 12.8. The average Bonchev–Trinajstić information content (AvgIpc) is 3.03. The van der Waals surface area contributed by atoms with Crippen molar-refractivity contribution in [2.45, 2.75) is 31.2 Å². The fourth-order valence-electron chi connectivity index (χ4n) is 2.72. The Morgan fingerprint density at radius 1 is 1.23 bits per heavy atom. The van der Waals surface area contributed by atoms with E-state index in [2.05, 4.69) is 19.9 Å². The third kappa shape index (κ3) is 4.09. The van der Waals surface area contributed by atoms with Crippen LogP contribution in [0.4, 0.5) is 0 Å². The molecule has 0 aliphatic rings. The third-order valence-corrected chi connectivity index (χ3v) is 5.11. The zero-order chi connectivity index (χ0) is 18.0. The molecule has 0 saturated carbocycles. The summed E-state index contributed by atoms with van der Waals surface area (Å²) in [5, 5.41) is 0.377. The van der Waals surface area contributed by atoms with Crippen molar-refractivity contribution in [3.8, 4) is 11.6 Å². The van der Waals surface area contributed by atoms with Gasteiger partial charge >= 0.3 is 0 Å². The smallest absolute Gasteiger partial charge is 0.218 e. The van der Waals surface area contributed by atoms with Crippen LogP contribution in [0.5, 0.6) is 11.6 Å². The van der Waals surface area contributed by atoms with Crippen LogP contribution in [0.3, 0.4) is 0 Å². The van der Waals surface area contributed by atoms with E-state index in [-0.39, 0.29) is 35.3 Å². The largest absolute Gasteiger partial charge is 0.496 e. The van der Waals surface area contributed by atoms with Gasteiger partial charge in [-0.25, -0.2) is 4.98 Å². The number of pyridine rings is 2. The molecule has 0 aromatic carbocycles. The quantitative estimate of drug-likeness (QED) is 0.656. The Morgan fingerprint density at radius 3 is 2.65 bits per heavy atom. The number of rotatable bonds is 6. The third-order valence-electron chi connectivity index (χ3n) is 3.95. The van der Waals surface area contributed by atoms with Crippen molar-refractivity contribution < 1.29 is 13.7 Å². The summed E-state index contributed by atoms with van der Waals surface area (Å²) in [7, 11) is 1.81. The van der Waals surface area contributed by atoms with Crippen molar-refractivity contribution in [2.24, 2.45) is 0 Å². The van der Waals surface area contributed by atoms with Crippen molar-refractivity contribution in [2.75, 3.05) is 14.2 Å². The molecule has 0 saturated heterocycles. The van der Waals surface area contributed by atoms with Gasteiger partial charge in [0.15, 0.2) is 10.8 Å². The zero-order valence-corrected chi connectivity index (χ0v) is 18.4. The predicted octanol–water partition coefficient (Wildman–Crippen LogP) is 2.17. The number of methoxy groups -OCH3 is 2. The summed E-state index contributed by atoms with van der Waals surface area (Å²) in [6, 6.07) is 3.70. The molecule has 3 rings (SSSR count). The molecule has 1 radical (unpaired) electrons. The predicted molar refractivity (Wildman–Crippen MR) is 101 cm³/mol. The van der Waals surface area contributed by atoms with Crippen molar-refractivity contribution in [1.82, 2.24) is 19.9 Å². The topological polar surface area (TPSA) is 90.0 Å². The summed E-state index contributed by atoms with van der Waals surface area (Å²) >= 11 is 0. The molecular formula is C17H20N4NaO3S. The van der Waals surface area contributed by atoms with Crippen molar-refractivity contribution in [3.63, 3.8) is 0 Å². The number of H-pyrrole nitrogens is 1. The van der Waals surface area contributed by atoms with Crippen LogP contribution in [-0.4, -0.2) is 67.9 Å². The van der Waals surface area contributed by atoms with Crippen LogP contribution in [0.2, 0.25) is 0 Å². The number of aromatic nitrogens is 4. The summed E-state index contributed by atoms with van der Waals surface area (Å²) in [6.07, 6.45) is 2.42. The molecule has 133 valence electrons. The first-order valence-corrected chi connectivity index (χ1v) is 9.19. The Hall–Kier alpha value is -1.48. The number of aryl methyl sites for hydroxylation is 1. The van der Waals surface area contributed by atoms with Crippen LogP contribution in [0, 0.1) is 6.92 Å². The van der Waals surface area contributed by atoms with Gasteiger partial charge in [0, 0.05) is 46.9 Å². The minimum absolute atomic E-state index is 0. The second-order valence-electron chi connectivity index (χ2n) is 5.51. The number of fused-ring (bicyclic) bond motifs is 1. The molecular weight excluding hydrogens is 363 g/mol. The second kappa shape index (κ2) is 8.94. The monoisotopic (exact) mass is 383 g/mol. The Morgan fingerprint density at radius 2 is 2.00 bits per heavy atom. The molecule has 1 unspecified atom stereocenters. The fraction of sp³-hybridized carbons (Fsp3) is 0.353. The second-order valence-corrected chi connectivity index (χ2v) is 6.88. The molecule has 9 heteroatoms. The van der Waals surface area contributed by atoms with E-state index in [0.717, 1.165) is 34.5 Å². The van der Waals surface area contributed by atoms with Crippen LogP contribution < -0.4 is 9.47 Å². The maximum Gasteiger partial charge on any atom is 0.218 e. The van der Waals surface area contributed by atoms with Crippen LogP contribution in [0.15, 0.2) is 23.5 Å². The fourth-order valence-corrected chi connectivity index (χ4v) is 3.77. The molecule has 1 atom stereocenters. The van der Waals surface area contributed by atoms with E-state index in [1.165, 1.54) is 0 Å². The molecule has 0 fully saturated rings. The van der Waals surface area contributed by atoms with Gasteiger partial charge in [-0.05, 0) is 25.5 Å². The summed E-state index contributed by atoms with van der Waals surface area (Å²) < 4.78 is 23.3. The normalized spacial score (nSPS) is 11.8. The Balaban J connectivity index is 0.00000243. The number of imidazole rings is 1. The maximum atomic E-state index is 12.8. The molecule has 3 heterocycles. The number of aromatic amines is 1. The van der Waals surface area contributed by atoms with Gasteiger partial charge in [0.1, 0.15) is 5.75 Å². The van der Waals surface area contributed by atoms with Gasteiger partial charge in [-0.15, -0.1) is 0 Å². The summed E-state index contributed by atoms with van der Waals surface area (Å²) in [5.74, 6) is 1.53. The zero-order valence-electron chi connectivity index (χ0n) is 15.6.